The fourth-order valence-corrected chi connectivity index (χ4v) is 2.82. The molecule has 0 aliphatic heterocycles. The van der Waals surface area contributed by atoms with Crippen LogP contribution in [0.5, 0.6) is 0 Å². The minimum atomic E-state index is -4.50. The predicted octanol–water partition coefficient (Wildman–Crippen LogP) is 2.52. The first-order chi connectivity index (χ1) is 8.50. The normalized spacial score (nSPS) is 25.1. The van der Waals surface area contributed by atoms with Crippen molar-refractivity contribution >= 4 is 16.7 Å². The van der Waals surface area contributed by atoms with E-state index in [0.717, 1.165) is 25.7 Å². The first kappa shape index (κ1) is 13.5. The molecule has 2 atom stereocenters. The number of anilines is 1. The Hall–Kier alpha value is -0.890. The molecule has 0 bridgehead atoms. The van der Waals surface area contributed by atoms with Crippen molar-refractivity contribution in [1.82, 2.24) is 9.36 Å². The van der Waals surface area contributed by atoms with Gasteiger partial charge in [0.05, 0.1) is 0 Å². The van der Waals surface area contributed by atoms with E-state index in [1.165, 1.54) is 0 Å². The number of hydrogen-bond donors (Lipinski definition) is 2. The molecule has 4 nitrogen and oxygen atoms in total. The summed E-state index contributed by atoms with van der Waals surface area (Å²) in [5.41, 5.74) is 0. The number of alkyl halides is 3. The quantitative estimate of drug-likeness (QED) is 0.894. The Morgan fingerprint density at radius 3 is 2.67 bits per heavy atom. The van der Waals surface area contributed by atoms with Crippen molar-refractivity contribution in [3.05, 3.63) is 5.82 Å². The fraction of sp³-hybridized carbons (Fsp3) is 0.800. The van der Waals surface area contributed by atoms with Crippen LogP contribution in [0.1, 0.15) is 31.5 Å². The topological polar surface area (TPSA) is 58.0 Å². The molecular weight excluding hydrogens is 267 g/mol. The zero-order valence-corrected chi connectivity index (χ0v) is 10.4. The highest BCUT2D eigenvalue weighted by Crippen LogP contribution is 2.31. The molecule has 18 heavy (non-hydrogen) atoms. The van der Waals surface area contributed by atoms with Gasteiger partial charge in [-0.15, -0.1) is 0 Å². The number of aliphatic hydroxyl groups excluding tert-OH is 1. The van der Waals surface area contributed by atoms with Gasteiger partial charge in [0.25, 0.3) is 0 Å². The summed E-state index contributed by atoms with van der Waals surface area (Å²) >= 11 is 0.709. The van der Waals surface area contributed by atoms with Crippen molar-refractivity contribution in [1.29, 1.82) is 0 Å². The van der Waals surface area contributed by atoms with Crippen LogP contribution in [-0.4, -0.2) is 27.1 Å². The molecule has 102 valence electrons. The van der Waals surface area contributed by atoms with E-state index < -0.39 is 12.0 Å². The van der Waals surface area contributed by atoms with Crippen LogP contribution in [0.3, 0.4) is 0 Å². The van der Waals surface area contributed by atoms with Crippen molar-refractivity contribution in [2.75, 3.05) is 11.9 Å². The van der Waals surface area contributed by atoms with Crippen molar-refractivity contribution in [3.63, 3.8) is 0 Å². The lowest BCUT2D eigenvalue weighted by atomic mass is 9.85. The average molecular weight is 281 g/mol. The van der Waals surface area contributed by atoms with E-state index in [9.17, 15) is 18.3 Å². The van der Waals surface area contributed by atoms with E-state index in [2.05, 4.69) is 14.7 Å². The highest BCUT2D eigenvalue weighted by Gasteiger charge is 2.36. The molecule has 1 aromatic rings. The first-order valence-electron chi connectivity index (χ1n) is 5.79. The zero-order chi connectivity index (χ0) is 13.2. The maximum Gasteiger partial charge on any atom is 0.452 e. The van der Waals surface area contributed by atoms with E-state index in [1.807, 2.05) is 0 Å². The molecule has 1 saturated carbocycles. The van der Waals surface area contributed by atoms with Crippen LogP contribution in [0.25, 0.3) is 0 Å². The molecule has 0 saturated heterocycles. The van der Waals surface area contributed by atoms with Crippen LogP contribution in [0.2, 0.25) is 0 Å². The summed E-state index contributed by atoms with van der Waals surface area (Å²) in [5, 5.41) is 12.4. The monoisotopic (exact) mass is 281 g/mol. The molecule has 1 aromatic heterocycles. The third-order valence-corrected chi connectivity index (χ3v) is 3.78. The molecule has 1 fully saturated rings. The summed E-state index contributed by atoms with van der Waals surface area (Å²) in [6.45, 7) is 0.0442. The molecule has 1 aliphatic rings. The Balaban J connectivity index is 2.02. The number of hydrogen-bond acceptors (Lipinski definition) is 5. The van der Waals surface area contributed by atoms with Crippen LogP contribution in [0, 0.1) is 5.92 Å². The largest absolute Gasteiger partial charge is 0.452 e. The second kappa shape index (κ2) is 5.40. The first-order valence-corrected chi connectivity index (χ1v) is 6.56. The van der Waals surface area contributed by atoms with Gasteiger partial charge in [-0.25, -0.2) is 0 Å². The number of nitrogens with zero attached hydrogens (tertiary/aromatic N) is 2. The van der Waals surface area contributed by atoms with E-state index >= 15 is 0 Å². The van der Waals surface area contributed by atoms with Crippen molar-refractivity contribution < 1.29 is 18.3 Å². The van der Waals surface area contributed by atoms with Crippen molar-refractivity contribution in [2.24, 2.45) is 5.92 Å². The van der Waals surface area contributed by atoms with Gasteiger partial charge in [-0.05, 0) is 12.8 Å². The molecule has 1 heterocycles. The Kier molecular flexibility index (Phi) is 4.06. The molecule has 0 radical (unpaired) electrons. The van der Waals surface area contributed by atoms with Gasteiger partial charge < -0.3 is 10.4 Å². The van der Waals surface area contributed by atoms with Crippen LogP contribution < -0.4 is 5.32 Å². The predicted molar refractivity (Wildman–Crippen MR) is 61.4 cm³/mol. The van der Waals surface area contributed by atoms with E-state index in [0.29, 0.717) is 11.5 Å². The Morgan fingerprint density at radius 1 is 1.33 bits per heavy atom. The molecule has 0 aromatic carbocycles. The van der Waals surface area contributed by atoms with Gasteiger partial charge in [0.2, 0.25) is 11.0 Å². The number of rotatable bonds is 3. The molecule has 1 aliphatic carbocycles. The highest BCUT2D eigenvalue weighted by atomic mass is 32.1. The minimum Gasteiger partial charge on any atom is -0.396 e. The third kappa shape index (κ3) is 3.11. The van der Waals surface area contributed by atoms with Crippen molar-refractivity contribution in [3.8, 4) is 0 Å². The minimum absolute atomic E-state index is 0.0159. The third-order valence-electron chi connectivity index (χ3n) is 3.13. The van der Waals surface area contributed by atoms with Gasteiger partial charge in [-0.2, -0.15) is 22.5 Å². The SMILES string of the molecule is OCC1CCCCC1Nc1nc(C(F)(F)F)ns1. The summed E-state index contributed by atoms with van der Waals surface area (Å²) in [5.74, 6) is -1.02. The maximum absolute atomic E-state index is 12.3. The average Bonchev–Trinajstić information content (AvgIpc) is 2.78. The molecule has 8 heteroatoms. The number of aromatic nitrogens is 2. The van der Waals surface area contributed by atoms with Gasteiger partial charge in [-0.1, -0.05) is 12.8 Å². The summed E-state index contributed by atoms with van der Waals surface area (Å²) < 4.78 is 40.3. The molecule has 0 amide bonds. The lowest BCUT2D eigenvalue weighted by Gasteiger charge is -2.30. The molecule has 2 rings (SSSR count). The summed E-state index contributed by atoms with van der Waals surface area (Å²) in [6.07, 6.45) is -0.711. The Labute approximate surface area is 106 Å². The standard InChI is InChI=1S/C10H14F3N3OS/c11-10(12,13)8-15-9(18-16-8)14-7-4-2-1-3-6(7)5-17/h6-7,17H,1-5H2,(H,14,15,16). The maximum atomic E-state index is 12.3. The molecular formula is C10H14F3N3OS. The number of halogens is 3. The Morgan fingerprint density at radius 2 is 2.06 bits per heavy atom. The molecule has 2 N–H and O–H groups in total. The second-order valence-corrected chi connectivity index (χ2v) is 5.15. The summed E-state index contributed by atoms with van der Waals surface area (Å²) in [4.78, 5) is 3.43. The van der Waals surface area contributed by atoms with E-state index in [4.69, 9.17) is 0 Å². The van der Waals surface area contributed by atoms with Gasteiger partial charge >= 0.3 is 6.18 Å². The number of nitrogens with one attached hydrogen (secondary N) is 1. The van der Waals surface area contributed by atoms with E-state index in [-0.39, 0.29) is 23.7 Å². The Bertz CT molecular complexity index is 396. The zero-order valence-electron chi connectivity index (χ0n) is 9.57. The molecule has 2 unspecified atom stereocenters. The van der Waals surface area contributed by atoms with Crippen LogP contribution in [0.4, 0.5) is 18.3 Å². The lowest BCUT2D eigenvalue weighted by Crippen LogP contribution is -2.34. The van der Waals surface area contributed by atoms with Crippen LogP contribution in [-0.2, 0) is 6.18 Å². The van der Waals surface area contributed by atoms with Crippen LogP contribution >= 0.6 is 11.5 Å². The van der Waals surface area contributed by atoms with E-state index in [1.54, 1.807) is 0 Å². The number of aliphatic hydroxyl groups is 1. The lowest BCUT2D eigenvalue weighted by molar-refractivity contribution is -0.144. The molecule has 0 spiro atoms. The van der Waals surface area contributed by atoms with Crippen LogP contribution in [0.15, 0.2) is 0 Å². The van der Waals surface area contributed by atoms with Gasteiger partial charge in [0.1, 0.15) is 0 Å². The van der Waals surface area contributed by atoms with Crippen molar-refractivity contribution in [2.45, 2.75) is 37.9 Å². The van der Waals surface area contributed by atoms with Gasteiger partial charge in [-0.3, -0.25) is 0 Å². The fourth-order valence-electron chi connectivity index (χ4n) is 2.17. The van der Waals surface area contributed by atoms with Gasteiger partial charge in [0, 0.05) is 30.1 Å². The second-order valence-electron chi connectivity index (χ2n) is 4.40. The highest BCUT2D eigenvalue weighted by molar-refractivity contribution is 7.09. The summed E-state index contributed by atoms with van der Waals surface area (Å²) in [6, 6.07) is -0.0159. The summed E-state index contributed by atoms with van der Waals surface area (Å²) in [7, 11) is 0. The smallest absolute Gasteiger partial charge is 0.396 e. The van der Waals surface area contributed by atoms with Gasteiger partial charge in [0.15, 0.2) is 0 Å².